The third kappa shape index (κ3) is 6.28. The lowest BCUT2D eigenvalue weighted by Gasteiger charge is -2.35. The van der Waals surface area contributed by atoms with E-state index in [0.717, 1.165) is 16.6 Å². The van der Waals surface area contributed by atoms with Gasteiger partial charge in [0, 0.05) is 30.2 Å². The number of benzene rings is 3. The van der Waals surface area contributed by atoms with Gasteiger partial charge >= 0.3 is 5.69 Å². The fraction of sp³-hybridized carbons (Fsp3) is 0.312. The topological polar surface area (TPSA) is 93.4 Å². The second-order valence-corrected chi connectivity index (χ2v) is 11.4. The Hall–Kier alpha value is -4.17. The molecule has 1 fully saturated rings. The number of nitrogens with zero attached hydrogens (tertiary/aromatic N) is 3. The van der Waals surface area contributed by atoms with Crippen LogP contribution in [0, 0.1) is 11.8 Å². The van der Waals surface area contributed by atoms with Crippen LogP contribution in [0.15, 0.2) is 82.4 Å². The number of nitrogens with one attached hydrogen (secondary N) is 1. The number of hydrogen-bond donors (Lipinski definition) is 1. The van der Waals surface area contributed by atoms with Crippen molar-refractivity contribution in [2.24, 2.45) is 11.8 Å². The van der Waals surface area contributed by atoms with E-state index in [9.17, 15) is 19.2 Å². The number of fused-ring (bicyclic) bond motifs is 1. The Morgan fingerprint density at radius 2 is 1.54 bits per heavy atom. The molecule has 0 bridgehead atoms. The molecule has 8 nitrogen and oxygen atoms in total. The standard InChI is InChI=1S/C32H33ClN4O4/c1-21-15-22(2)18-35(17-21)29(38)20-36-28-10-6-4-8-26(28)31(40)37(32(36)41)19-23-11-13-24(14-12-23)30(39)34-16-25-7-3-5-9-27(25)33/h3-14,21-22H,15-20H2,1-2H3,(H,34,39)/t21-,22-/m1/s1. The van der Waals surface area contributed by atoms with Gasteiger partial charge in [0.1, 0.15) is 6.54 Å². The van der Waals surface area contributed by atoms with E-state index in [1.165, 1.54) is 4.57 Å². The summed E-state index contributed by atoms with van der Waals surface area (Å²) in [4.78, 5) is 54.8. The molecule has 0 unspecified atom stereocenters. The maximum absolute atomic E-state index is 13.7. The number of carbonyl (C=O) groups is 2. The van der Waals surface area contributed by atoms with Gasteiger partial charge in [-0.05, 0) is 59.7 Å². The average Bonchev–Trinajstić information content (AvgIpc) is 2.96. The number of amides is 2. The van der Waals surface area contributed by atoms with Crippen molar-refractivity contribution in [1.82, 2.24) is 19.4 Å². The van der Waals surface area contributed by atoms with Crippen molar-refractivity contribution in [1.29, 1.82) is 0 Å². The molecule has 0 saturated carbocycles. The zero-order valence-electron chi connectivity index (χ0n) is 23.2. The molecule has 9 heteroatoms. The van der Waals surface area contributed by atoms with Crippen LogP contribution < -0.4 is 16.6 Å². The van der Waals surface area contributed by atoms with Gasteiger partial charge in [-0.2, -0.15) is 0 Å². The van der Waals surface area contributed by atoms with Crippen molar-refractivity contribution < 1.29 is 9.59 Å². The molecule has 2 atom stereocenters. The normalized spacial score (nSPS) is 17.0. The first-order valence-corrected chi connectivity index (χ1v) is 14.2. The van der Waals surface area contributed by atoms with Gasteiger partial charge in [-0.25, -0.2) is 4.79 Å². The molecular weight excluding hydrogens is 540 g/mol. The summed E-state index contributed by atoms with van der Waals surface area (Å²) in [6.07, 6.45) is 1.07. The summed E-state index contributed by atoms with van der Waals surface area (Å²) in [5, 5.41) is 3.80. The van der Waals surface area contributed by atoms with Crippen molar-refractivity contribution in [2.45, 2.75) is 39.9 Å². The summed E-state index contributed by atoms with van der Waals surface area (Å²) in [5.41, 5.74) is 1.42. The fourth-order valence-electron chi connectivity index (χ4n) is 5.63. The highest BCUT2D eigenvalue weighted by Crippen LogP contribution is 2.21. The number of aromatic nitrogens is 2. The maximum Gasteiger partial charge on any atom is 0.332 e. The summed E-state index contributed by atoms with van der Waals surface area (Å²) in [6, 6.07) is 20.9. The van der Waals surface area contributed by atoms with Gasteiger partial charge in [0.2, 0.25) is 5.91 Å². The quantitative estimate of drug-likeness (QED) is 0.357. The first-order valence-electron chi connectivity index (χ1n) is 13.8. The molecule has 212 valence electrons. The third-order valence-electron chi connectivity index (χ3n) is 7.60. The highest BCUT2D eigenvalue weighted by atomic mass is 35.5. The molecule has 2 amide bonds. The lowest BCUT2D eigenvalue weighted by Crippen LogP contribution is -2.47. The predicted octanol–water partition coefficient (Wildman–Crippen LogP) is 4.30. The zero-order valence-corrected chi connectivity index (χ0v) is 23.9. The Kier molecular flexibility index (Phi) is 8.40. The lowest BCUT2D eigenvalue weighted by molar-refractivity contribution is -0.134. The average molecular weight is 573 g/mol. The molecule has 1 aromatic heterocycles. The fourth-order valence-corrected chi connectivity index (χ4v) is 5.83. The SMILES string of the molecule is C[C@@H]1C[C@@H](C)CN(C(=O)Cn2c(=O)n(Cc3ccc(C(=O)NCc4ccccc4Cl)cc3)c(=O)c3ccccc32)C1. The van der Waals surface area contributed by atoms with E-state index in [1.807, 2.05) is 23.1 Å². The molecule has 4 aromatic rings. The Bertz CT molecular complexity index is 1700. The molecule has 0 aliphatic carbocycles. The van der Waals surface area contributed by atoms with E-state index in [1.54, 1.807) is 54.6 Å². The second-order valence-electron chi connectivity index (χ2n) is 11.0. The first-order chi connectivity index (χ1) is 19.7. The van der Waals surface area contributed by atoms with E-state index in [2.05, 4.69) is 19.2 Å². The van der Waals surface area contributed by atoms with Crippen molar-refractivity contribution in [3.63, 3.8) is 0 Å². The van der Waals surface area contributed by atoms with Gasteiger partial charge in [-0.1, -0.05) is 67.9 Å². The molecule has 1 saturated heterocycles. The van der Waals surface area contributed by atoms with E-state index >= 15 is 0 Å². The number of piperidine rings is 1. The predicted molar refractivity (Wildman–Crippen MR) is 160 cm³/mol. The zero-order chi connectivity index (χ0) is 29.1. The summed E-state index contributed by atoms with van der Waals surface area (Å²) in [5.74, 6) is 0.396. The number of para-hydroxylation sites is 1. The van der Waals surface area contributed by atoms with Crippen LogP contribution in [-0.4, -0.2) is 38.9 Å². The molecule has 41 heavy (non-hydrogen) atoms. The smallest absolute Gasteiger partial charge is 0.332 e. The molecule has 1 aliphatic heterocycles. The Morgan fingerprint density at radius 3 is 2.24 bits per heavy atom. The minimum absolute atomic E-state index is 0.00992. The Balaban J connectivity index is 1.38. The van der Waals surface area contributed by atoms with Crippen LogP contribution in [0.4, 0.5) is 0 Å². The van der Waals surface area contributed by atoms with E-state index in [4.69, 9.17) is 11.6 Å². The molecular formula is C32H33ClN4O4. The number of carbonyl (C=O) groups excluding carboxylic acids is 2. The summed E-state index contributed by atoms with van der Waals surface area (Å²) >= 11 is 6.18. The van der Waals surface area contributed by atoms with Crippen LogP contribution in [0.5, 0.6) is 0 Å². The Labute approximate surface area is 243 Å². The molecule has 3 aromatic carbocycles. The van der Waals surface area contributed by atoms with Crippen molar-refractivity contribution >= 4 is 34.3 Å². The summed E-state index contributed by atoms with van der Waals surface area (Å²) in [7, 11) is 0. The van der Waals surface area contributed by atoms with E-state index in [0.29, 0.717) is 58.5 Å². The second kappa shape index (κ2) is 12.1. The first kappa shape index (κ1) is 28.4. The van der Waals surface area contributed by atoms with E-state index < -0.39 is 11.2 Å². The largest absolute Gasteiger partial charge is 0.348 e. The van der Waals surface area contributed by atoms with Crippen LogP contribution >= 0.6 is 11.6 Å². The molecule has 1 aliphatic rings. The number of hydrogen-bond acceptors (Lipinski definition) is 4. The maximum atomic E-state index is 13.7. The monoisotopic (exact) mass is 572 g/mol. The third-order valence-corrected chi connectivity index (χ3v) is 7.97. The molecule has 2 heterocycles. The van der Waals surface area contributed by atoms with Crippen LogP contribution in [0.25, 0.3) is 10.9 Å². The van der Waals surface area contributed by atoms with Gasteiger partial charge < -0.3 is 10.2 Å². The van der Waals surface area contributed by atoms with Crippen molar-refractivity contribution in [3.8, 4) is 0 Å². The summed E-state index contributed by atoms with van der Waals surface area (Å²) < 4.78 is 2.56. The van der Waals surface area contributed by atoms with Crippen LogP contribution in [0.2, 0.25) is 5.02 Å². The van der Waals surface area contributed by atoms with Crippen molar-refractivity contribution in [3.05, 3.63) is 115 Å². The highest BCUT2D eigenvalue weighted by molar-refractivity contribution is 6.31. The molecule has 0 spiro atoms. The van der Waals surface area contributed by atoms with Gasteiger partial charge in [0.05, 0.1) is 17.4 Å². The summed E-state index contributed by atoms with van der Waals surface area (Å²) in [6.45, 7) is 5.75. The Morgan fingerprint density at radius 1 is 0.878 bits per heavy atom. The number of rotatable bonds is 7. The molecule has 5 rings (SSSR count). The van der Waals surface area contributed by atoms with Crippen LogP contribution in [0.1, 0.15) is 41.8 Å². The van der Waals surface area contributed by atoms with Gasteiger partial charge in [0.25, 0.3) is 11.5 Å². The minimum atomic E-state index is -0.540. The molecule has 1 N–H and O–H groups in total. The number of likely N-dealkylation sites (tertiary alicyclic amines) is 1. The highest BCUT2D eigenvalue weighted by Gasteiger charge is 2.26. The lowest BCUT2D eigenvalue weighted by atomic mass is 9.92. The van der Waals surface area contributed by atoms with Crippen LogP contribution in [-0.2, 0) is 24.4 Å². The van der Waals surface area contributed by atoms with Crippen LogP contribution in [0.3, 0.4) is 0 Å². The van der Waals surface area contributed by atoms with E-state index in [-0.39, 0.29) is 24.9 Å². The van der Waals surface area contributed by atoms with Gasteiger partial charge in [-0.15, -0.1) is 0 Å². The van der Waals surface area contributed by atoms with Crippen molar-refractivity contribution in [2.75, 3.05) is 13.1 Å². The number of halogens is 1. The van der Waals surface area contributed by atoms with Gasteiger partial charge in [0.15, 0.2) is 0 Å². The minimum Gasteiger partial charge on any atom is -0.348 e. The molecule has 0 radical (unpaired) electrons. The van der Waals surface area contributed by atoms with Gasteiger partial charge in [-0.3, -0.25) is 23.5 Å².